The van der Waals surface area contributed by atoms with Crippen LogP contribution in [0.3, 0.4) is 0 Å². The smallest absolute Gasteiger partial charge is 0.193 e. The quantitative estimate of drug-likeness (QED) is 0.443. The summed E-state index contributed by atoms with van der Waals surface area (Å²) in [5.74, 6) is 3.08. The highest BCUT2D eigenvalue weighted by atomic mass is 127. The number of ether oxygens (including phenoxy) is 1. The van der Waals surface area contributed by atoms with Crippen molar-refractivity contribution in [3.8, 4) is 5.75 Å². The molecule has 3 rings (SSSR count). The van der Waals surface area contributed by atoms with Crippen LogP contribution in [-0.4, -0.2) is 27.8 Å². The molecule has 1 aliphatic rings. The fraction of sp³-hybridized carbons (Fsp3) is 0.400. The molecular weight excluding hydrogens is 407 g/mol. The van der Waals surface area contributed by atoms with E-state index in [-0.39, 0.29) is 24.0 Å². The molecule has 0 aliphatic carbocycles. The van der Waals surface area contributed by atoms with E-state index >= 15 is 0 Å². The molecule has 1 aliphatic heterocycles. The molecular formula is C15H21IN6O. The monoisotopic (exact) mass is 428 g/mol. The minimum atomic E-state index is 0. The average molecular weight is 428 g/mol. The molecule has 2 heterocycles. The largest absolute Gasteiger partial charge is 0.497 e. The second kappa shape index (κ2) is 8.14. The lowest BCUT2D eigenvalue weighted by Gasteiger charge is -2.14. The van der Waals surface area contributed by atoms with Gasteiger partial charge in [-0.3, -0.25) is 0 Å². The molecule has 0 unspecified atom stereocenters. The number of methoxy groups -OCH3 is 1. The Morgan fingerprint density at radius 1 is 1.30 bits per heavy atom. The van der Waals surface area contributed by atoms with Crippen molar-refractivity contribution in [1.82, 2.24) is 14.8 Å². The lowest BCUT2D eigenvalue weighted by Crippen LogP contribution is -2.23. The topological polar surface area (TPSA) is 90.3 Å². The number of nitrogens with two attached hydrogens (primary N) is 1. The minimum absolute atomic E-state index is 0. The maximum atomic E-state index is 5.92. The zero-order valence-corrected chi connectivity index (χ0v) is 15.4. The molecule has 0 bridgehead atoms. The number of aryl methyl sites for hydroxylation is 1. The SMILES string of the molecule is COc1ccc(NC(N)=NCc2nnc3n2CCCC3)cc1.I. The van der Waals surface area contributed by atoms with E-state index in [1.807, 2.05) is 24.3 Å². The van der Waals surface area contributed by atoms with Gasteiger partial charge >= 0.3 is 0 Å². The Bertz CT molecular complexity index is 667. The normalized spacial score (nSPS) is 13.9. The Hall–Kier alpha value is -1.84. The van der Waals surface area contributed by atoms with Crippen molar-refractivity contribution in [2.24, 2.45) is 10.7 Å². The van der Waals surface area contributed by atoms with Crippen LogP contribution in [0.4, 0.5) is 5.69 Å². The van der Waals surface area contributed by atoms with Crippen LogP contribution in [-0.2, 0) is 19.5 Å². The van der Waals surface area contributed by atoms with E-state index in [2.05, 4.69) is 25.1 Å². The minimum Gasteiger partial charge on any atom is -0.497 e. The van der Waals surface area contributed by atoms with Gasteiger partial charge in [-0.15, -0.1) is 34.2 Å². The summed E-state index contributed by atoms with van der Waals surface area (Å²) in [7, 11) is 1.64. The molecule has 0 spiro atoms. The van der Waals surface area contributed by atoms with Crippen LogP contribution >= 0.6 is 24.0 Å². The lowest BCUT2D eigenvalue weighted by atomic mass is 10.2. The molecule has 124 valence electrons. The van der Waals surface area contributed by atoms with Crippen molar-refractivity contribution in [2.75, 3.05) is 12.4 Å². The average Bonchev–Trinajstić information content (AvgIpc) is 2.97. The molecule has 3 N–H and O–H groups in total. The summed E-state index contributed by atoms with van der Waals surface area (Å²) in [6.45, 7) is 1.40. The number of nitrogens with zero attached hydrogens (tertiary/aromatic N) is 4. The van der Waals surface area contributed by atoms with Gasteiger partial charge in [0.15, 0.2) is 11.8 Å². The Labute approximate surface area is 152 Å². The molecule has 0 saturated heterocycles. The Balaban J connectivity index is 0.00000192. The number of hydrogen-bond acceptors (Lipinski definition) is 4. The summed E-state index contributed by atoms with van der Waals surface area (Å²) in [6, 6.07) is 7.51. The van der Waals surface area contributed by atoms with E-state index in [0.29, 0.717) is 12.5 Å². The summed E-state index contributed by atoms with van der Waals surface area (Å²) >= 11 is 0. The van der Waals surface area contributed by atoms with Crippen molar-refractivity contribution >= 4 is 35.6 Å². The second-order valence-electron chi connectivity index (χ2n) is 5.20. The molecule has 0 amide bonds. The molecule has 2 aromatic rings. The second-order valence-corrected chi connectivity index (χ2v) is 5.20. The van der Waals surface area contributed by atoms with E-state index in [4.69, 9.17) is 10.5 Å². The first-order valence-corrected chi connectivity index (χ1v) is 7.38. The maximum Gasteiger partial charge on any atom is 0.193 e. The van der Waals surface area contributed by atoms with Crippen LogP contribution in [0, 0.1) is 0 Å². The molecule has 0 atom stereocenters. The van der Waals surface area contributed by atoms with Crippen LogP contribution in [0.15, 0.2) is 29.3 Å². The van der Waals surface area contributed by atoms with Crippen molar-refractivity contribution < 1.29 is 4.74 Å². The third-order valence-corrected chi connectivity index (χ3v) is 3.69. The number of fused-ring (bicyclic) bond motifs is 1. The molecule has 23 heavy (non-hydrogen) atoms. The molecule has 0 saturated carbocycles. The van der Waals surface area contributed by atoms with Gasteiger partial charge in [0.05, 0.1) is 7.11 Å². The number of aliphatic imine (C=N–C) groups is 1. The van der Waals surface area contributed by atoms with E-state index < -0.39 is 0 Å². The third kappa shape index (κ3) is 4.34. The van der Waals surface area contributed by atoms with E-state index in [0.717, 1.165) is 36.1 Å². The fourth-order valence-electron chi connectivity index (χ4n) is 2.50. The van der Waals surface area contributed by atoms with Gasteiger partial charge in [-0.2, -0.15) is 0 Å². The Morgan fingerprint density at radius 2 is 2.09 bits per heavy atom. The first-order valence-electron chi connectivity index (χ1n) is 7.38. The van der Waals surface area contributed by atoms with Crippen molar-refractivity contribution in [3.05, 3.63) is 35.9 Å². The van der Waals surface area contributed by atoms with Gasteiger partial charge in [0.25, 0.3) is 0 Å². The standard InChI is InChI=1S/C15H20N6O.HI/c1-22-12-7-5-11(6-8-12)18-15(16)17-10-14-20-19-13-4-2-3-9-21(13)14;/h5-8H,2-4,9-10H2,1H3,(H3,16,17,18);1H. The van der Waals surface area contributed by atoms with Crippen LogP contribution in [0.25, 0.3) is 0 Å². The summed E-state index contributed by atoms with van der Waals surface area (Å²) in [5, 5.41) is 11.5. The van der Waals surface area contributed by atoms with Gasteiger partial charge in [-0.05, 0) is 37.1 Å². The lowest BCUT2D eigenvalue weighted by molar-refractivity contribution is 0.415. The van der Waals surface area contributed by atoms with Gasteiger partial charge < -0.3 is 20.4 Å². The van der Waals surface area contributed by atoms with Crippen LogP contribution in [0.5, 0.6) is 5.75 Å². The first kappa shape index (κ1) is 17.5. The number of guanidine groups is 1. The summed E-state index contributed by atoms with van der Waals surface area (Å²) in [4.78, 5) is 4.34. The zero-order valence-electron chi connectivity index (χ0n) is 13.0. The molecule has 1 aromatic carbocycles. The van der Waals surface area contributed by atoms with Gasteiger partial charge in [0, 0.05) is 18.7 Å². The number of hydrogen-bond donors (Lipinski definition) is 2. The van der Waals surface area contributed by atoms with Crippen LogP contribution in [0.2, 0.25) is 0 Å². The highest BCUT2D eigenvalue weighted by molar-refractivity contribution is 14.0. The number of benzene rings is 1. The highest BCUT2D eigenvalue weighted by Gasteiger charge is 2.15. The van der Waals surface area contributed by atoms with Gasteiger partial charge in [0.2, 0.25) is 0 Å². The number of nitrogens with one attached hydrogen (secondary N) is 1. The van der Waals surface area contributed by atoms with Crippen molar-refractivity contribution in [3.63, 3.8) is 0 Å². The summed E-state index contributed by atoms with van der Waals surface area (Å²) in [5.41, 5.74) is 6.79. The fourth-order valence-corrected chi connectivity index (χ4v) is 2.50. The highest BCUT2D eigenvalue weighted by Crippen LogP contribution is 2.16. The predicted octanol–water partition coefficient (Wildman–Crippen LogP) is 2.17. The van der Waals surface area contributed by atoms with E-state index in [1.54, 1.807) is 7.11 Å². The van der Waals surface area contributed by atoms with Crippen molar-refractivity contribution in [2.45, 2.75) is 32.4 Å². The summed E-state index contributed by atoms with van der Waals surface area (Å²) in [6.07, 6.45) is 3.35. The van der Waals surface area contributed by atoms with Gasteiger partial charge in [0.1, 0.15) is 18.1 Å². The van der Waals surface area contributed by atoms with Crippen LogP contribution in [0.1, 0.15) is 24.5 Å². The Kier molecular flexibility index (Phi) is 6.20. The number of aromatic nitrogens is 3. The number of halogens is 1. The van der Waals surface area contributed by atoms with Gasteiger partial charge in [-0.1, -0.05) is 0 Å². The molecule has 0 fully saturated rings. The molecule has 7 nitrogen and oxygen atoms in total. The van der Waals surface area contributed by atoms with Crippen molar-refractivity contribution in [1.29, 1.82) is 0 Å². The molecule has 8 heteroatoms. The first-order chi connectivity index (χ1) is 10.8. The number of rotatable bonds is 4. The maximum absolute atomic E-state index is 5.92. The third-order valence-electron chi connectivity index (χ3n) is 3.69. The van der Waals surface area contributed by atoms with Gasteiger partial charge in [-0.25, -0.2) is 4.99 Å². The predicted molar refractivity (Wildman–Crippen MR) is 100 cm³/mol. The zero-order chi connectivity index (χ0) is 15.4. The van der Waals surface area contributed by atoms with E-state index in [1.165, 1.54) is 12.8 Å². The Morgan fingerprint density at radius 3 is 2.83 bits per heavy atom. The number of anilines is 1. The van der Waals surface area contributed by atoms with E-state index in [9.17, 15) is 0 Å². The molecule has 1 aromatic heterocycles. The van der Waals surface area contributed by atoms with Crippen LogP contribution < -0.4 is 15.8 Å². The molecule has 0 radical (unpaired) electrons. The summed E-state index contributed by atoms with van der Waals surface area (Å²) < 4.78 is 7.26.